The summed E-state index contributed by atoms with van der Waals surface area (Å²) in [6.45, 7) is -0.199. The van der Waals surface area contributed by atoms with Crippen LogP contribution in [0.5, 0.6) is 0 Å². The predicted molar refractivity (Wildman–Crippen MR) is 91.5 cm³/mol. The molecule has 0 saturated carbocycles. The van der Waals surface area contributed by atoms with Crippen LogP contribution in [-0.2, 0) is 9.59 Å². The third-order valence-electron chi connectivity index (χ3n) is 4.70. The smallest absolute Gasteiger partial charge is 0.314 e. The summed E-state index contributed by atoms with van der Waals surface area (Å²) in [5.74, 6) is -2.72. The summed E-state index contributed by atoms with van der Waals surface area (Å²) in [4.78, 5) is 40.9. The fourth-order valence-electron chi connectivity index (χ4n) is 2.94. The Balaban J connectivity index is 1.69. The Morgan fingerprint density at radius 3 is 2.24 bits per heavy atom. The van der Waals surface area contributed by atoms with Gasteiger partial charge in [-0.1, -0.05) is 12.1 Å². The second-order valence-corrected chi connectivity index (χ2v) is 6.68. The van der Waals surface area contributed by atoms with Gasteiger partial charge in [-0.2, -0.15) is 18.3 Å². The van der Waals surface area contributed by atoms with E-state index in [2.05, 4.69) is 10.1 Å². The topological polar surface area (TPSA) is 92.8 Å². The van der Waals surface area contributed by atoms with Crippen LogP contribution in [0.2, 0.25) is 0 Å². The minimum Gasteiger partial charge on any atom is -0.314 e. The van der Waals surface area contributed by atoms with Gasteiger partial charge in [0.25, 0.3) is 0 Å². The number of carbonyl (C=O) groups is 3. The first-order valence-electron chi connectivity index (χ1n) is 8.60. The van der Waals surface area contributed by atoms with Crippen LogP contribution in [0.15, 0.2) is 36.9 Å². The lowest BCUT2D eigenvalue weighted by molar-refractivity contribution is -0.917. The fraction of sp³-hybridized carbons (Fsp3) is 0.353. The van der Waals surface area contributed by atoms with Gasteiger partial charge < -0.3 is 4.90 Å². The van der Waals surface area contributed by atoms with Crippen LogP contribution in [0, 0.1) is 0 Å². The molecule has 1 N–H and O–H groups in total. The van der Waals surface area contributed by atoms with Gasteiger partial charge in [0.05, 0.1) is 12.7 Å². The van der Waals surface area contributed by atoms with Gasteiger partial charge in [-0.3, -0.25) is 9.59 Å². The molecule has 2 aromatic rings. The van der Waals surface area contributed by atoms with Gasteiger partial charge in [0.2, 0.25) is 0 Å². The molecule has 2 atom stereocenters. The molecule has 4 amide bonds. The summed E-state index contributed by atoms with van der Waals surface area (Å²) in [7, 11) is 1.67. The highest BCUT2D eigenvalue weighted by Crippen LogP contribution is 2.21. The Kier molecular flexibility index (Phi) is 5.38. The van der Waals surface area contributed by atoms with Gasteiger partial charge in [0.1, 0.15) is 25.2 Å². The molecule has 3 rings (SSSR count). The summed E-state index contributed by atoms with van der Waals surface area (Å²) in [6, 6.07) is 5.82. The van der Waals surface area contributed by atoms with Crippen LogP contribution in [0.1, 0.15) is 18.5 Å². The molecule has 1 fully saturated rings. The van der Waals surface area contributed by atoms with E-state index in [1.807, 2.05) is 31.2 Å². The molecule has 1 unspecified atom stereocenters. The monoisotopic (exact) mass is 411 g/mol. The largest absolute Gasteiger partial charge is 0.406 e. The van der Waals surface area contributed by atoms with Crippen LogP contribution in [0.3, 0.4) is 0 Å². The number of quaternary nitrogens is 1. The van der Waals surface area contributed by atoms with Crippen molar-refractivity contribution in [2.24, 2.45) is 0 Å². The zero-order valence-corrected chi connectivity index (χ0v) is 15.6. The number of hydrogen-bond donors (Lipinski definition) is 1. The van der Waals surface area contributed by atoms with Gasteiger partial charge in [-0.25, -0.2) is 24.3 Å². The molecule has 2 heterocycles. The van der Waals surface area contributed by atoms with Crippen LogP contribution in [-0.4, -0.2) is 68.8 Å². The highest BCUT2D eigenvalue weighted by molar-refractivity contribution is 6.44. The van der Waals surface area contributed by atoms with Crippen molar-refractivity contribution in [3.63, 3.8) is 0 Å². The molecule has 0 radical (unpaired) electrons. The van der Waals surface area contributed by atoms with Crippen LogP contribution >= 0.6 is 0 Å². The summed E-state index contributed by atoms with van der Waals surface area (Å²) in [5.41, 5.74) is 1.65. The molecule has 1 aliphatic rings. The third kappa shape index (κ3) is 4.26. The Hall–Kier alpha value is -3.28. The molecular formula is C17H18F3N6O3+. The van der Waals surface area contributed by atoms with E-state index in [4.69, 9.17) is 0 Å². The normalized spacial score (nSPS) is 17.2. The van der Waals surface area contributed by atoms with Gasteiger partial charge in [-0.05, 0) is 19.1 Å². The van der Waals surface area contributed by atoms with E-state index in [0.29, 0.717) is 9.80 Å². The van der Waals surface area contributed by atoms with Crippen molar-refractivity contribution in [1.82, 2.24) is 24.6 Å². The van der Waals surface area contributed by atoms with Crippen molar-refractivity contribution < 1.29 is 32.5 Å². The van der Waals surface area contributed by atoms with Crippen molar-refractivity contribution in [3.8, 4) is 5.69 Å². The second-order valence-electron chi connectivity index (χ2n) is 6.68. The van der Waals surface area contributed by atoms with Crippen molar-refractivity contribution in [2.45, 2.75) is 19.1 Å². The van der Waals surface area contributed by atoms with E-state index in [1.165, 1.54) is 6.33 Å². The van der Waals surface area contributed by atoms with Crippen molar-refractivity contribution in [3.05, 3.63) is 42.5 Å². The van der Waals surface area contributed by atoms with E-state index in [-0.39, 0.29) is 17.6 Å². The summed E-state index contributed by atoms with van der Waals surface area (Å²) in [5, 5.41) is 4.02. The summed E-state index contributed by atoms with van der Waals surface area (Å²) in [6.07, 6.45) is -1.83. The Morgan fingerprint density at radius 1 is 1.07 bits per heavy atom. The Morgan fingerprint density at radius 2 is 1.69 bits per heavy atom. The molecule has 0 aliphatic carbocycles. The minimum absolute atomic E-state index is 0.0762. The maximum absolute atomic E-state index is 12.6. The first kappa shape index (κ1) is 20.5. The number of imide groups is 2. The molecule has 29 heavy (non-hydrogen) atoms. The van der Waals surface area contributed by atoms with Crippen LogP contribution in [0.4, 0.5) is 18.0 Å². The number of aromatic nitrogens is 3. The lowest BCUT2D eigenvalue weighted by Crippen LogP contribution is -3.10. The molecular weight excluding hydrogens is 393 g/mol. The fourth-order valence-corrected chi connectivity index (χ4v) is 2.94. The first-order chi connectivity index (χ1) is 13.6. The number of carbonyl (C=O) groups excluding carboxylic acids is 3. The second kappa shape index (κ2) is 7.62. The zero-order valence-electron chi connectivity index (χ0n) is 15.6. The zero-order chi connectivity index (χ0) is 21.3. The molecule has 1 aromatic heterocycles. The van der Waals surface area contributed by atoms with Gasteiger partial charge >= 0.3 is 24.0 Å². The number of urea groups is 1. The predicted octanol–water partition coefficient (Wildman–Crippen LogP) is 0.154. The molecule has 0 bridgehead atoms. The number of hydrogen-bond acceptors (Lipinski definition) is 5. The Labute approximate surface area is 163 Å². The number of rotatable bonds is 6. The average Bonchev–Trinajstić information content (AvgIpc) is 3.27. The molecule has 0 spiro atoms. The quantitative estimate of drug-likeness (QED) is 0.540. The number of alkyl halides is 3. The van der Waals surface area contributed by atoms with Crippen molar-refractivity contribution >= 4 is 17.8 Å². The Bertz CT molecular complexity index is 913. The van der Waals surface area contributed by atoms with Gasteiger partial charge in [-0.15, -0.1) is 0 Å². The summed E-state index contributed by atoms with van der Waals surface area (Å²) < 4.78 is 39.3. The van der Waals surface area contributed by atoms with Gasteiger partial charge in [0, 0.05) is 5.56 Å². The number of nitrogens with one attached hydrogen (secondary N) is 1. The highest BCUT2D eigenvalue weighted by atomic mass is 19.4. The molecule has 1 aliphatic heterocycles. The lowest BCUT2D eigenvalue weighted by atomic mass is 10.1. The lowest BCUT2D eigenvalue weighted by Gasteiger charge is -2.25. The minimum atomic E-state index is -4.78. The number of amides is 4. The van der Waals surface area contributed by atoms with Crippen molar-refractivity contribution in [1.29, 1.82) is 0 Å². The van der Waals surface area contributed by atoms with E-state index in [9.17, 15) is 27.6 Å². The third-order valence-corrected chi connectivity index (χ3v) is 4.70. The number of nitrogens with zero attached hydrogens (tertiary/aromatic N) is 5. The molecule has 12 heteroatoms. The molecule has 154 valence electrons. The molecule has 1 saturated heterocycles. The molecule has 1 aromatic carbocycles. The summed E-state index contributed by atoms with van der Waals surface area (Å²) >= 11 is 0. The number of benzene rings is 1. The average molecular weight is 411 g/mol. The highest BCUT2D eigenvalue weighted by Gasteiger charge is 2.50. The van der Waals surface area contributed by atoms with Gasteiger partial charge in [0.15, 0.2) is 6.67 Å². The van der Waals surface area contributed by atoms with Crippen LogP contribution in [0.25, 0.3) is 5.69 Å². The SMILES string of the molecule is C[C@@H](c1ccc(-n2cncn2)cc1)[NH+](C)CN1C(=O)C(=O)N(CC(F)(F)F)C1=O. The van der Waals surface area contributed by atoms with E-state index >= 15 is 0 Å². The van der Waals surface area contributed by atoms with E-state index in [1.54, 1.807) is 18.1 Å². The van der Waals surface area contributed by atoms with E-state index < -0.39 is 30.6 Å². The first-order valence-corrected chi connectivity index (χ1v) is 8.60. The maximum atomic E-state index is 12.6. The van der Waals surface area contributed by atoms with Crippen LogP contribution < -0.4 is 4.90 Å². The maximum Gasteiger partial charge on any atom is 0.406 e. The molecule has 9 nitrogen and oxygen atoms in total. The van der Waals surface area contributed by atoms with E-state index in [0.717, 1.165) is 11.3 Å². The number of halogens is 3. The van der Waals surface area contributed by atoms with Crippen molar-refractivity contribution in [2.75, 3.05) is 20.3 Å². The standard InChI is InChI=1S/C17H17F3N6O3/c1-11(12-3-5-13(6-4-12)26-9-21-8-22-26)23(2)10-25-15(28)14(27)24(16(25)29)7-17(18,19)20/h3-6,8-9,11H,7,10H2,1-2H3/p+1/t11-/m0/s1.